The van der Waals surface area contributed by atoms with Gasteiger partial charge in [0.2, 0.25) is 0 Å². The molecule has 0 aromatic heterocycles. The summed E-state index contributed by atoms with van der Waals surface area (Å²) in [6.45, 7) is 5.03. The summed E-state index contributed by atoms with van der Waals surface area (Å²) >= 11 is 0. The number of hydrogen-bond acceptors (Lipinski definition) is 3. The highest BCUT2D eigenvalue weighted by Gasteiger charge is 2.42. The maximum atomic E-state index is 13.5. The van der Waals surface area contributed by atoms with Crippen molar-refractivity contribution in [2.45, 2.75) is 51.8 Å². The fourth-order valence-electron chi connectivity index (χ4n) is 2.98. The molecular weight excluding hydrogens is 341 g/mol. The fraction of sp³-hybridized carbons (Fsp3) is 0.706. The number of allylic oxidation sites excluding steroid dienone is 3. The van der Waals surface area contributed by atoms with Crippen molar-refractivity contribution < 1.29 is 22.0 Å². The van der Waals surface area contributed by atoms with E-state index < -0.39 is 17.7 Å². The Morgan fingerprint density at radius 2 is 2.00 bits per heavy atom. The second-order valence-corrected chi connectivity index (χ2v) is 6.40. The summed E-state index contributed by atoms with van der Waals surface area (Å²) in [5.74, 6) is -2.67. The van der Waals surface area contributed by atoms with E-state index in [9.17, 15) is 22.0 Å². The zero-order valence-corrected chi connectivity index (χ0v) is 15.0. The van der Waals surface area contributed by atoms with Crippen molar-refractivity contribution in [3.8, 4) is 0 Å². The van der Waals surface area contributed by atoms with Gasteiger partial charge in [0.1, 0.15) is 5.82 Å². The third-order valence-corrected chi connectivity index (χ3v) is 4.18. The Labute approximate surface area is 145 Å². The lowest BCUT2D eigenvalue weighted by Gasteiger charge is -2.41. The quantitative estimate of drug-likeness (QED) is 0.557. The van der Waals surface area contributed by atoms with E-state index in [1.165, 1.54) is 0 Å². The second kappa shape index (κ2) is 8.78. The summed E-state index contributed by atoms with van der Waals surface area (Å²) in [7, 11) is 1.63. The number of alkyl halides is 5. The lowest BCUT2D eigenvalue weighted by atomic mass is 9.89. The molecule has 0 radical (unpaired) electrons. The van der Waals surface area contributed by atoms with Gasteiger partial charge in [0, 0.05) is 25.2 Å². The largest absolute Gasteiger partial charge is 0.417 e. The number of hydrogen-bond donors (Lipinski definition) is 1. The molecule has 25 heavy (non-hydrogen) atoms. The molecule has 0 saturated carbocycles. The molecule has 1 aliphatic heterocycles. The van der Waals surface area contributed by atoms with Crippen molar-refractivity contribution in [2.75, 3.05) is 20.1 Å². The average molecular weight is 367 g/mol. The van der Waals surface area contributed by atoms with Gasteiger partial charge < -0.3 is 5.32 Å². The van der Waals surface area contributed by atoms with Crippen molar-refractivity contribution in [2.24, 2.45) is 10.9 Å². The molecule has 1 aliphatic rings. The van der Waals surface area contributed by atoms with Crippen LogP contribution in [0.3, 0.4) is 0 Å². The highest BCUT2D eigenvalue weighted by Crippen LogP contribution is 2.33. The summed E-state index contributed by atoms with van der Waals surface area (Å²) < 4.78 is 65.6. The van der Waals surface area contributed by atoms with E-state index in [-0.39, 0.29) is 37.2 Å². The number of likely N-dealkylation sites (N-methyl/N-ethyl adjacent to an activating group) is 1. The van der Waals surface area contributed by atoms with Crippen LogP contribution in [0.25, 0.3) is 0 Å². The number of piperidine rings is 1. The average Bonchev–Trinajstić information content (AvgIpc) is 2.45. The summed E-state index contributed by atoms with van der Waals surface area (Å²) in [6, 6.07) is -0.141. The fourth-order valence-corrected chi connectivity index (χ4v) is 2.98. The number of aliphatic imine (C=N–C) groups is 1. The number of halogens is 5. The molecule has 144 valence electrons. The van der Waals surface area contributed by atoms with E-state index in [2.05, 4.69) is 10.3 Å². The first kappa shape index (κ1) is 21.6. The smallest absolute Gasteiger partial charge is 0.369 e. The number of likely N-dealkylation sites (tertiary alicyclic amines) is 1. The lowest BCUT2D eigenvalue weighted by Crippen LogP contribution is -2.54. The molecule has 0 aliphatic carbocycles. The van der Waals surface area contributed by atoms with Crippen LogP contribution in [0.15, 0.2) is 28.5 Å². The van der Waals surface area contributed by atoms with Crippen molar-refractivity contribution >= 4 is 6.21 Å². The molecule has 1 saturated heterocycles. The van der Waals surface area contributed by atoms with Crippen LogP contribution in [0.5, 0.6) is 0 Å². The number of nitrogens with zero attached hydrogens (tertiary/aromatic N) is 2. The minimum atomic E-state index is -4.46. The molecule has 1 N–H and O–H groups in total. The van der Waals surface area contributed by atoms with Crippen LogP contribution >= 0.6 is 0 Å². The first-order valence-electron chi connectivity index (χ1n) is 8.29. The van der Waals surface area contributed by atoms with Crippen LogP contribution < -0.4 is 5.32 Å². The highest BCUT2D eigenvalue weighted by atomic mass is 19.4. The third kappa shape index (κ3) is 6.76. The molecule has 2 unspecified atom stereocenters. The molecule has 1 rings (SSSR count). The summed E-state index contributed by atoms with van der Waals surface area (Å²) in [6.07, 6.45) is -1.00. The Morgan fingerprint density at radius 3 is 2.48 bits per heavy atom. The predicted octanol–water partition coefficient (Wildman–Crippen LogP) is 4.38. The molecule has 0 bridgehead atoms. The van der Waals surface area contributed by atoms with Gasteiger partial charge in [-0.2, -0.15) is 13.2 Å². The van der Waals surface area contributed by atoms with E-state index in [1.807, 2.05) is 0 Å². The summed E-state index contributed by atoms with van der Waals surface area (Å²) in [4.78, 5) is 5.44. The Morgan fingerprint density at radius 1 is 1.36 bits per heavy atom. The van der Waals surface area contributed by atoms with Crippen LogP contribution in [0.1, 0.15) is 33.6 Å². The molecule has 1 heterocycles. The van der Waals surface area contributed by atoms with Crippen molar-refractivity contribution in [1.29, 1.82) is 0 Å². The molecule has 8 heteroatoms. The Hall–Kier alpha value is -1.44. The zero-order valence-electron chi connectivity index (χ0n) is 15.0. The van der Waals surface area contributed by atoms with Crippen LogP contribution in [-0.4, -0.2) is 49.4 Å². The van der Waals surface area contributed by atoms with E-state index in [0.717, 1.165) is 12.3 Å². The maximum absolute atomic E-state index is 13.5. The normalized spacial score (nSPS) is 26.3. The van der Waals surface area contributed by atoms with Crippen LogP contribution in [0.2, 0.25) is 0 Å². The molecule has 1 fully saturated rings. The van der Waals surface area contributed by atoms with Crippen LogP contribution in [0.4, 0.5) is 22.0 Å². The van der Waals surface area contributed by atoms with Gasteiger partial charge in [0.05, 0.1) is 12.1 Å². The highest BCUT2D eigenvalue weighted by molar-refractivity contribution is 5.80. The third-order valence-electron chi connectivity index (χ3n) is 4.18. The first-order valence-corrected chi connectivity index (χ1v) is 8.29. The lowest BCUT2D eigenvalue weighted by molar-refractivity contribution is -0.0950. The Kier molecular flexibility index (Phi) is 7.59. The van der Waals surface area contributed by atoms with Gasteiger partial charge in [0.25, 0.3) is 5.92 Å². The standard InChI is InChI=1S/C17H26F5N3/c1-5-7-13(17(20,21)22)9-23-15(6-2)24-10-14-12(3)8-16(18,19)11-25(14)4/h6-7,9,12,14,24H,5,8,10-11H2,1-4H3/b13-7+,15-6+,23-9-. The number of rotatable bonds is 6. The van der Waals surface area contributed by atoms with Crippen molar-refractivity contribution in [3.05, 3.63) is 23.5 Å². The van der Waals surface area contributed by atoms with Gasteiger partial charge in [-0.05, 0) is 32.4 Å². The molecule has 0 aromatic rings. The molecule has 2 atom stereocenters. The minimum Gasteiger partial charge on any atom is -0.369 e. The maximum Gasteiger partial charge on any atom is 0.417 e. The molecule has 3 nitrogen and oxygen atoms in total. The van der Waals surface area contributed by atoms with Gasteiger partial charge in [0.15, 0.2) is 0 Å². The van der Waals surface area contributed by atoms with Gasteiger partial charge in [-0.25, -0.2) is 13.8 Å². The SMILES string of the molecule is C\C=C(/N=C\C(=C/CC)C(F)(F)F)NCC1C(C)CC(F)(F)CN1C. The molecule has 0 amide bonds. The second-order valence-electron chi connectivity index (χ2n) is 6.40. The monoisotopic (exact) mass is 367 g/mol. The number of nitrogens with one attached hydrogen (secondary N) is 1. The Bertz CT molecular complexity index is 509. The van der Waals surface area contributed by atoms with Gasteiger partial charge in [-0.1, -0.05) is 19.9 Å². The van der Waals surface area contributed by atoms with E-state index in [1.54, 1.807) is 38.8 Å². The molecule has 0 spiro atoms. The minimum absolute atomic E-state index is 0.141. The predicted molar refractivity (Wildman–Crippen MR) is 89.8 cm³/mol. The van der Waals surface area contributed by atoms with Crippen LogP contribution in [-0.2, 0) is 0 Å². The van der Waals surface area contributed by atoms with E-state index in [0.29, 0.717) is 6.54 Å². The van der Waals surface area contributed by atoms with E-state index in [4.69, 9.17) is 0 Å². The molecule has 0 aromatic carbocycles. The van der Waals surface area contributed by atoms with Crippen molar-refractivity contribution in [1.82, 2.24) is 10.2 Å². The first-order chi connectivity index (χ1) is 11.5. The molecular formula is C17H26F5N3. The van der Waals surface area contributed by atoms with E-state index >= 15 is 0 Å². The topological polar surface area (TPSA) is 27.6 Å². The van der Waals surface area contributed by atoms with Crippen LogP contribution in [0, 0.1) is 5.92 Å². The Balaban J connectivity index is 2.71. The summed E-state index contributed by atoms with van der Waals surface area (Å²) in [5, 5.41) is 2.96. The van der Waals surface area contributed by atoms with Crippen molar-refractivity contribution in [3.63, 3.8) is 0 Å². The zero-order chi connectivity index (χ0) is 19.3. The van der Waals surface area contributed by atoms with Gasteiger partial charge >= 0.3 is 6.18 Å². The summed E-state index contributed by atoms with van der Waals surface area (Å²) in [5.41, 5.74) is -0.807. The van der Waals surface area contributed by atoms with Gasteiger partial charge in [-0.15, -0.1) is 0 Å². The van der Waals surface area contributed by atoms with Gasteiger partial charge in [-0.3, -0.25) is 4.90 Å².